The number of nitrogens with zero attached hydrogens (tertiary/aromatic N) is 2. The number of aliphatic hydroxyl groups excluding tert-OH is 1. The molecule has 2 aliphatic rings. The first-order valence-electron chi connectivity index (χ1n) is 6.63. The third-order valence-corrected chi connectivity index (χ3v) is 3.56. The summed E-state index contributed by atoms with van der Waals surface area (Å²) in [6, 6.07) is 6.01. The van der Waals surface area contributed by atoms with Crippen LogP contribution in [0.2, 0.25) is 0 Å². The van der Waals surface area contributed by atoms with Crippen LogP contribution in [0, 0.1) is 0 Å². The summed E-state index contributed by atoms with van der Waals surface area (Å²) in [5, 5.41) is 9.22. The maximum Gasteiger partial charge on any atom is 0.205 e. The zero-order chi connectivity index (χ0) is 14.4. The number of para-hydroxylation sites is 1. The van der Waals surface area contributed by atoms with Crippen LogP contribution < -0.4 is 9.22 Å². The second-order valence-corrected chi connectivity index (χ2v) is 5.73. The topological polar surface area (TPSA) is 51.0 Å². The first-order valence-corrected chi connectivity index (χ1v) is 6.63. The average molecular weight is 275 g/mol. The van der Waals surface area contributed by atoms with Gasteiger partial charge in [0.25, 0.3) is 0 Å². The van der Waals surface area contributed by atoms with Crippen molar-refractivity contribution >= 4 is 12.0 Å². The Bertz CT molecular complexity index is 607. The predicted molar refractivity (Wildman–Crippen MR) is 77.3 cm³/mol. The van der Waals surface area contributed by atoms with Crippen molar-refractivity contribution in [2.45, 2.75) is 26.2 Å². The number of fused-ring (bicyclic) bond motifs is 1. The minimum absolute atomic E-state index is 0.0607. The summed E-state index contributed by atoms with van der Waals surface area (Å²) in [6.45, 7) is 4.28. The molecule has 2 heterocycles. The highest BCUT2D eigenvalue weighted by Gasteiger charge is 2.36. The smallest absolute Gasteiger partial charge is 0.205 e. The monoisotopic (exact) mass is 275 g/mol. The summed E-state index contributed by atoms with van der Waals surface area (Å²) >= 11 is 0. The van der Waals surface area contributed by atoms with E-state index in [-0.39, 0.29) is 6.61 Å². The summed E-state index contributed by atoms with van der Waals surface area (Å²) in [6.07, 6.45) is 3.72. The molecular formula is C15H19N2O3+. The molecule has 0 aromatic heterocycles. The molecule has 1 atom stereocenters. The molecule has 1 N–H and O–H groups in total. The van der Waals surface area contributed by atoms with Crippen molar-refractivity contribution in [2.75, 3.05) is 13.7 Å². The number of aliphatic imine (C=N–C) groups is 1. The van der Waals surface area contributed by atoms with Gasteiger partial charge in [-0.1, -0.05) is 12.1 Å². The largest absolute Gasteiger partial charge is 0.456 e. The standard InChI is InChI=1S/C15H19N2O3/c1-15(2)19-9-11-5-4-6-13(14(11)20-15)17(3)7-12(8-18)16-10-17/h4-7,10,18H,8-9H2,1-3H3/q+1. The fourth-order valence-electron chi connectivity index (χ4n) is 2.49. The van der Waals surface area contributed by atoms with Gasteiger partial charge in [-0.05, 0) is 0 Å². The van der Waals surface area contributed by atoms with Crippen LogP contribution in [0.3, 0.4) is 0 Å². The molecule has 0 amide bonds. The maximum atomic E-state index is 9.22. The van der Waals surface area contributed by atoms with Gasteiger partial charge in [-0.2, -0.15) is 4.99 Å². The van der Waals surface area contributed by atoms with E-state index in [0.717, 1.165) is 17.0 Å². The van der Waals surface area contributed by atoms with Crippen LogP contribution in [0.4, 0.5) is 5.69 Å². The quantitative estimate of drug-likeness (QED) is 0.841. The lowest BCUT2D eigenvalue weighted by Gasteiger charge is -2.35. The van der Waals surface area contributed by atoms with Crippen LogP contribution in [0.25, 0.3) is 0 Å². The normalized spacial score (nSPS) is 26.9. The van der Waals surface area contributed by atoms with Gasteiger partial charge in [-0.3, -0.25) is 0 Å². The Morgan fingerprint density at radius 1 is 1.40 bits per heavy atom. The Hall–Kier alpha value is -1.69. The molecule has 0 bridgehead atoms. The molecule has 5 nitrogen and oxygen atoms in total. The molecule has 0 spiro atoms. The average Bonchev–Trinajstić information content (AvgIpc) is 2.80. The van der Waals surface area contributed by atoms with Crippen LogP contribution in [-0.2, 0) is 11.3 Å². The van der Waals surface area contributed by atoms with Crippen LogP contribution >= 0.6 is 0 Å². The minimum Gasteiger partial charge on any atom is -0.456 e. The lowest BCUT2D eigenvalue weighted by Crippen LogP contribution is -2.40. The van der Waals surface area contributed by atoms with Crippen molar-refractivity contribution in [3.63, 3.8) is 0 Å². The van der Waals surface area contributed by atoms with Gasteiger partial charge in [0, 0.05) is 25.5 Å². The number of rotatable bonds is 2. The van der Waals surface area contributed by atoms with Crippen LogP contribution in [-0.4, -0.2) is 30.9 Å². The molecule has 1 unspecified atom stereocenters. The first kappa shape index (κ1) is 13.3. The molecule has 0 saturated carbocycles. The van der Waals surface area contributed by atoms with E-state index in [2.05, 4.69) is 4.99 Å². The van der Waals surface area contributed by atoms with E-state index in [1.165, 1.54) is 0 Å². The minimum atomic E-state index is -0.636. The SMILES string of the molecule is CC1(C)OCc2cccc([N+]3(C)C=NC(CO)=C3)c2O1. The Morgan fingerprint density at radius 3 is 2.90 bits per heavy atom. The number of benzene rings is 1. The fraction of sp³-hybridized carbons (Fsp3) is 0.400. The summed E-state index contributed by atoms with van der Waals surface area (Å²) < 4.78 is 12.1. The second kappa shape index (κ2) is 4.41. The summed E-state index contributed by atoms with van der Waals surface area (Å²) in [5.41, 5.74) is 2.68. The van der Waals surface area contributed by atoms with Crippen LogP contribution in [0.15, 0.2) is 35.1 Å². The van der Waals surface area contributed by atoms with Gasteiger partial charge in [0.1, 0.15) is 11.9 Å². The lowest BCUT2D eigenvalue weighted by molar-refractivity contribution is -0.180. The van der Waals surface area contributed by atoms with E-state index < -0.39 is 5.79 Å². The van der Waals surface area contributed by atoms with Gasteiger partial charge in [0.15, 0.2) is 17.8 Å². The van der Waals surface area contributed by atoms with Gasteiger partial charge >= 0.3 is 0 Å². The van der Waals surface area contributed by atoms with Crippen molar-refractivity contribution in [1.29, 1.82) is 0 Å². The van der Waals surface area contributed by atoms with E-state index in [9.17, 15) is 5.11 Å². The van der Waals surface area contributed by atoms with E-state index in [4.69, 9.17) is 9.47 Å². The van der Waals surface area contributed by atoms with E-state index in [0.29, 0.717) is 16.8 Å². The molecule has 1 aromatic rings. The van der Waals surface area contributed by atoms with Gasteiger partial charge < -0.3 is 14.6 Å². The van der Waals surface area contributed by atoms with Crippen molar-refractivity contribution in [3.05, 3.63) is 35.7 Å². The highest BCUT2D eigenvalue weighted by atomic mass is 16.7. The molecular weight excluding hydrogens is 256 g/mol. The number of hydrogen-bond acceptors (Lipinski definition) is 4. The number of ether oxygens (including phenoxy) is 2. The second-order valence-electron chi connectivity index (χ2n) is 5.73. The van der Waals surface area contributed by atoms with Crippen LogP contribution in [0.1, 0.15) is 19.4 Å². The third-order valence-electron chi connectivity index (χ3n) is 3.56. The van der Waals surface area contributed by atoms with Crippen molar-refractivity contribution < 1.29 is 14.6 Å². The molecule has 1 aromatic carbocycles. The van der Waals surface area contributed by atoms with E-state index in [1.807, 2.05) is 45.3 Å². The zero-order valence-electron chi connectivity index (χ0n) is 12.0. The highest BCUT2D eigenvalue weighted by molar-refractivity contribution is 5.82. The third kappa shape index (κ3) is 2.14. The van der Waals surface area contributed by atoms with Crippen molar-refractivity contribution in [1.82, 2.24) is 4.48 Å². The Labute approximate surface area is 118 Å². The van der Waals surface area contributed by atoms with E-state index >= 15 is 0 Å². The molecule has 5 heteroatoms. The summed E-state index contributed by atoms with van der Waals surface area (Å²) in [7, 11) is 2.01. The molecule has 3 rings (SSSR count). The molecule has 0 aliphatic carbocycles. The molecule has 0 radical (unpaired) electrons. The number of aliphatic hydroxyl groups is 1. The highest BCUT2D eigenvalue weighted by Crippen LogP contribution is 2.42. The molecule has 2 aliphatic heterocycles. The number of hydrogen-bond donors (Lipinski definition) is 1. The number of quaternary nitrogens is 1. The van der Waals surface area contributed by atoms with Crippen LogP contribution in [0.5, 0.6) is 5.75 Å². The van der Waals surface area contributed by atoms with Crippen molar-refractivity contribution in [3.8, 4) is 5.75 Å². The fourth-order valence-corrected chi connectivity index (χ4v) is 2.49. The van der Waals surface area contributed by atoms with Gasteiger partial charge in [-0.15, -0.1) is 0 Å². The maximum absolute atomic E-state index is 9.22. The van der Waals surface area contributed by atoms with Crippen molar-refractivity contribution in [2.24, 2.45) is 4.99 Å². The molecule has 20 heavy (non-hydrogen) atoms. The molecule has 0 saturated heterocycles. The Balaban J connectivity index is 2.09. The summed E-state index contributed by atoms with van der Waals surface area (Å²) in [5.74, 6) is 0.205. The molecule has 0 fully saturated rings. The molecule has 106 valence electrons. The van der Waals surface area contributed by atoms with Gasteiger partial charge in [0.05, 0.1) is 20.3 Å². The van der Waals surface area contributed by atoms with E-state index in [1.54, 1.807) is 6.34 Å². The zero-order valence-corrected chi connectivity index (χ0v) is 12.0. The lowest BCUT2D eigenvalue weighted by atomic mass is 10.1. The summed E-state index contributed by atoms with van der Waals surface area (Å²) in [4.78, 5) is 4.24. The Kier molecular flexibility index (Phi) is 2.93. The van der Waals surface area contributed by atoms with Gasteiger partial charge in [0.2, 0.25) is 5.79 Å². The Morgan fingerprint density at radius 2 is 2.20 bits per heavy atom. The first-order chi connectivity index (χ1) is 9.43. The predicted octanol–water partition coefficient (Wildman–Crippen LogP) is 2.14. The van der Waals surface area contributed by atoms with Gasteiger partial charge in [-0.25, -0.2) is 4.48 Å².